The summed E-state index contributed by atoms with van der Waals surface area (Å²) in [6.45, 7) is 3.50. The number of benzene rings is 1. The minimum Gasteiger partial charge on any atom is -0.496 e. The average Bonchev–Trinajstić information content (AvgIpc) is 2.62. The molecule has 2 rings (SSSR count). The first-order chi connectivity index (χ1) is 9.17. The van der Waals surface area contributed by atoms with Crippen molar-refractivity contribution in [2.45, 2.75) is 32.2 Å². The third-order valence-electron chi connectivity index (χ3n) is 3.88. The van der Waals surface area contributed by atoms with Crippen LogP contribution in [0.25, 0.3) is 0 Å². The molecule has 1 aliphatic rings. The fraction of sp³-hybridized carbons (Fsp3) is 0.533. The van der Waals surface area contributed by atoms with Crippen LogP contribution in [0.5, 0.6) is 5.75 Å². The Kier molecular flexibility index (Phi) is 4.43. The highest BCUT2D eigenvalue weighted by atomic mass is 16.5. The van der Waals surface area contributed by atoms with Crippen LogP contribution < -0.4 is 4.74 Å². The molecule has 0 spiro atoms. The predicted molar refractivity (Wildman–Crippen MR) is 73.7 cm³/mol. The third kappa shape index (κ3) is 2.89. The summed E-state index contributed by atoms with van der Waals surface area (Å²) in [5, 5.41) is 9.27. The van der Waals surface area contributed by atoms with Crippen molar-refractivity contribution in [3.8, 4) is 5.75 Å². The Balaban J connectivity index is 2.19. The van der Waals surface area contributed by atoms with Crippen LogP contribution in [0.3, 0.4) is 0 Å². The maximum Gasteiger partial charge on any atom is 0.320 e. The maximum absolute atomic E-state index is 11.3. The van der Waals surface area contributed by atoms with Crippen LogP contribution in [0.4, 0.5) is 0 Å². The maximum atomic E-state index is 11.3. The first-order valence-corrected chi connectivity index (χ1v) is 6.79. The fourth-order valence-electron chi connectivity index (χ4n) is 2.85. The molecule has 0 radical (unpaired) electrons. The van der Waals surface area contributed by atoms with Gasteiger partial charge in [0.15, 0.2) is 0 Å². The lowest BCUT2D eigenvalue weighted by molar-refractivity contribution is -0.143. The van der Waals surface area contributed by atoms with E-state index in [9.17, 15) is 9.90 Å². The summed E-state index contributed by atoms with van der Waals surface area (Å²) in [7, 11) is 1.68. The smallest absolute Gasteiger partial charge is 0.320 e. The van der Waals surface area contributed by atoms with Gasteiger partial charge in [-0.1, -0.05) is 19.1 Å². The van der Waals surface area contributed by atoms with E-state index in [1.165, 1.54) is 11.1 Å². The number of hydrogen-bond donors (Lipinski definition) is 1. The first kappa shape index (κ1) is 13.9. The van der Waals surface area contributed by atoms with E-state index >= 15 is 0 Å². The highest BCUT2D eigenvalue weighted by Crippen LogP contribution is 2.26. The van der Waals surface area contributed by atoms with Crippen molar-refractivity contribution in [2.75, 3.05) is 20.2 Å². The van der Waals surface area contributed by atoms with Gasteiger partial charge in [0.05, 0.1) is 7.11 Å². The van der Waals surface area contributed by atoms with E-state index in [0.717, 1.165) is 31.7 Å². The SMILES string of the molecule is CCC(C(=O)O)N1CCc2cccc(OC)c2CC1. The number of rotatable bonds is 4. The van der Waals surface area contributed by atoms with Gasteiger partial charge in [-0.2, -0.15) is 0 Å². The third-order valence-corrected chi connectivity index (χ3v) is 3.88. The van der Waals surface area contributed by atoms with E-state index in [1.54, 1.807) is 7.11 Å². The zero-order valence-corrected chi connectivity index (χ0v) is 11.6. The first-order valence-electron chi connectivity index (χ1n) is 6.79. The van der Waals surface area contributed by atoms with Crippen molar-refractivity contribution >= 4 is 5.97 Å². The zero-order valence-electron chi connectivity index (χ0n) is 11.6. The lowest BCUT2D eigenvalue weighted by atomic mass is 10.0. The molecule has 0 bridgehead atoms. The number of fused-ring (bicyclic) bond motifs is 1. The van der Waals surface area contributed by atoms with E-state index in [4.69, 9.17) is 4.74 Å². The number of aliphatic carboxylic acids is 1. The van der Waals surface area contributed by atoms with Crippen LogP contribution >= 0.6 is 0 Å². The van der Waals surface area contributed by atoms with Crippen molar-refractivity contribution in [1.29, 1.82) is 0 Å². The molecule has 4 nitrogen and oxygen atoms in total. The largest absolute Gasteiger partial charge is 0.496 e. The second-order valence-corrected chi connectivity index (χ2v) is 4.90. The molecule has 1 aromatic carbocycles. The number of ether oxygens (including phenoxy) is 1. The molecule has 1 N–H and O–H groups in total. The van der Waals surface area contributed by atoms with Crippen LogP contribution in [0.1, 0.15) is 24.5 Å². The molecule has 19 heavy (non-hydrogen) atoms. The summed E-state index contributed by atoms with van der Waals surface area (Å²) >= 11 is 0. The van der Waals surface area contributed by atoms with E-state index in [1.807, 2.05) is 19.1 Å². The van der Waals surface area contributed by atoms with Gasteiger partial charge in [-0.15, -0.1) is 0 Å². The number of methoxy groups -OCH3 is 1. The van der Waals surface area contributed by atoms with E-state index < -0.39 is 5.97 Å². The van der Waals surface area contributed by atoms with Crippen LogP contribution in [-0.4, -0.2) is 42.2 Å². The summed E-state index contributed by atoms with van der Waals surface area (Å²) in [5.41, 5.74) is 2.51. The second kappa shape index (κ2) is 6.06. The van der Waals surface area contributed by atoms with Gasteiger partial charge in [0.1, 0.15) is 11.8 Å². The summed E-state index contributed by atoms with van der Waals surface area (Å²) in [5.74, 6) is 0.197. The number of carboxylic acids is 1. The summed E-state index contributed by atoms with van der Waals surface area (Å²) in [6.07, 6.45) is 2.38. The highest BCUT2D eigenvalue weighted by Gasteiger charge is 2.26. The van der Waals surface area contributed by atoms with Gasteiger partial charge >= 0.3 is 5.97 Å². The van der Waals surface area contributed by atoms with E-state index in [2.05, 4.69) is 11.0 Å². The van der Waals surface area contributed by atoms with Crippen molar-refractivity contribution in [3.63, 3.8) is 0 Å². The Morgan fingerprint density at radius 1 is 1.42 bits per heavy atom. The lowest BCUT2D eigenvalue weighted by Gasteiger charge is -2.26. The number of carboxylic acid groups (broad SMARTS) is 1. The van der Waals surface area contributed by atoms with Crippen molar-refractivity contribution < 1.29 is 14.6 Å². The van der Waals surface area contributed by atoms with Crippen LogP contribution in [0.15, 0.2) is 18.2 Å². The molecule has 0 amide bonds. The van der Waals surface area contributed by atoms with Gasteiger partial charge in [0.25, 0.3) is 0 Å². The topological polar surface area (TPSA) is 49.8 Å². The molecule has 0 aliphatic carbocycles. The Labute approximate surface area is 114 Å². The number of carbonyl (C=O) groups is 1. The average molecular weight is 263 g/mol. The molecular weight excluding hydrogens is 242 g/mol. The van der Waals surface area contributed by atoms with Gasteiger partial charge in [0.2, 0.25) is 0 Å². The standard InChI is InChI=1S/C15H21NO3/c1-3-13(15(17)18)16-9-7-11-5-4-6-14(19-2)12(11)8-10-16/h4-6,13H,3,7-10H2,1-2H3,(H,17,18). The molecule has 1 aliphatic heterocycles. The fourth-order valence-corrected chi connectivity index (χ4v) is 2.85. The zero-order chi connectivity index (χ0) is 13.8. The Hall–Kier alpha value is -1.55. The van der Waals surface area contributed by atoms with Crippen molar-refractivity contribution in [1.82, 2.24) is 4.90 Å². The molecule has 4 heteroatoms. The normalized spacial score (nSPS) is 17.4. The van der Waals surface area contributed by atoms with E-state index in [0.29, 0.717) is 6.42 Å². The number of hydrogen-bond acceptors (Lipinski definition) is 3. The highest BCUT2D eigenvalue weighted by molar-refractivity contribution is 5.73. The van der Waals surface area contributed by atoms with E-state index in [-0.39, 0.29) is 6.04 Å². The Morgan fingerprint density at radius 3 is 2.79 bits per heavy atom. The van der Waals surface area contributed by atoms with Gasteiger partial charge in [-0.3, -0.25) is 9.69 Å². The summed E-state index contributed by atoms with van der Waals surface area (Å²) in [4.78, 5) is 13.3. The molecule has 0 aromatic heterocycles. The predicted octanol–water partition coefficient (Wildman–Crippen LogP) is 1.96. The molecule has 0 saturated carbocycles. The molecule has 0 fully saturated rings. The minimum absolute atomic E-state index is 0.375. The second-order valence-electron chi connectivity index (χ2n) is 4.90. The molecule has 1 aromatic rings. The number of nitrogens with zero attached hydrogens (tertiary/aromatic N) is 1. The van der Waals surface area contributed by atoms with Crippen molar-refractivity contribution in [2.24, 2.45) is 0 Å². The van der Waals surface area contributed by atoms with Gasteiger partial charge < -0.3 is 9.84 Å². The Morgan fingerprint density at radius 2 is 2.16 bits per heavy atom. The van der Waals surface area contributed by atoms with Crippen molar-refractivity contribution in [3.05, 3.63) is 29.3 Å². The van der Waals surface area contributed by atoms with Gasteiger partial charge in [0, 0.05) is 13.1 Å². The van der Waals surface area contributed by atoms with Gasteiger partial charge in [-0.05, 0) is 36.5 Å². The summed E-state index contributed by atoms with van der Waals surface area (Å²) < 4.78 is 5.40. The van der Waals surface area contributed by atoms with Crippen LogP contribution in [-0.2, 0) is 17.6 Å². The van der Waals surface area contributed by atoms with Crippen LogP contribution in [0, 0.1) is 0 Å². The molecular formula is C15H21NO3. The monoisotopic (exact) mass is 263 g/mol. The molecule has 1 atom stereocenters. The lowest BCUT2D eigenvalue weighted by Crippen LogP contribution is -2.42. The molecule has 1 unspecified atom stereocenters. The van der Waals surface area contributed by atoms with Gasteiger partial charge in [-0.25, -0.2) is 0 Å². The Bertz CT molecular complexity index is 459. The van der Waals surface area contributed by atoms with Crippen LogP contribution in [0.2, 0.25) is 0 Å². The molecule has 1 heterocycles. The quantitative estimate of drug-likeness (QED) is 0.902. The summed E-state index contributed by atoms with van der Waals surface area (Å²) in [6, 6.07) is 5.72. The minimum atomic E-state index is -0.722. The molecule has 0 saturated heterocycles. The molecule has 104 valence electrons.